The molecular formula is C23H18F2N6O2. The van der Waals surface area contributed by atoms with Gasteiger partial charge in [-0.25, -0.2) is 18.4 Å². The van der Waals surface area contributed by atoms with Crippen molar-refractivity contribution in [3.05, 3.63) is 64.1 Å². The molecule has 0 radical (unpaired) electrons. The van der Waals surface area contributed by atoms with Crippen LogP contribution in [0.15, 0.2) is 45.8 Å². The Morgan fingerprint density at radius 3 is 2.76 bits per heavy atom. The lowest BCUT2D eigenvalue weighted by molar-refractivity contribution is 0.459. The first-order valence-electron chi connectivity index (χ1n) is 10.5. The second-order valence-corrected chi connectivity index (χ2v) is 8.27. The van der Waals surface area contributed by atoms with Crippen molar-refractivity contribution in [2.75, 3.05) is 5.32 Å². The number of halogens is 2. The van der Waals surface area contributed by atoms with Crippen LogP contribution in [0.25, 0.3) is 39.1 Å². The number of rotatable bonds is 4. The fraction of sp³-hybridized carbons (Fsp3) is 0.217. The summed E-state index contributed by atoms with van der Waals surface area (Å²) >= 11 is 0. The summed E-state index contributed by atoms with van der Waals surface area (Å²) in [7, 11) is 1.56. The number of nitrogens with zero attached hydrogens (tertiary/aromatic N) is 5. The Labute approximate surface area is 185 Å². The largest absolute Gasteiger partial charge is 0.364 e. The van der Waals surface area contributed by atoms with Crippen molar-refractivity contribution < 1.29 is 13.3 Å². The van der Waals surface area contributed by atoms with Crippen LogP contribution in [0.4, 0.5) is 14.6 Å². The van der Waals surface area contributed by atoms with Gasteiger partial charge in [0, 0.05) is 19.2 Å². The lowest BCUT2D eigenvalue weighted by Gasteiger charge is -2.11. The number of aryl methyl sites for hydroxylation is 2. The average molecular weight is 448 g/mol. The Morgan fingerprint density at radius 1 is 1.18 bits per heavy atom. The molecule has 0 saturated heterocycles. The highest BCUT2D eigenvalue weighted by Gasteiger charge is 2.26. The summed E-state index contributed by atoms with van der Waals surface area (Å²) in [5.41, 5.74) is 2.27. The zero-order valence-electron chi connectivity index (χ0n) is 17.8. The van der Waals surface area contributed by atoms with Gasteiger partial charge in [-0.1, -0.05) is 11.2 Å². The van der Waals surface area contributed by atoms with Gasteiger partial charge in [0.15, 0.2) is 22.9 Å². The topological polar surface area (TPSA) is 90.8 Å². The highest BCUT2D eigenvalue weighted by Crippen LogP contribution is 2.35. The maximum atomic E-state index is 14.4. The minimum atomic E-state index is -0.797. The summed E-state index contributed by atoms with van der Waals surface area (Å²) in [6.07, 6.45) is 3.62. The molecule has 0 bridgehead atoms. The van der Waals surface area contributed by atoms with E-state index in [9.17, 15) is 13.6 Å². The SMILES string of the molecule is Cc1ccc2c(NC3CC3)noc2c1-c1nc2cnn(-c3ccc(F)cc3F)c2n(C)c1=O. The molecule has 6 rings (SSSR count). The van der Waals surface area contributed by atoms with E-state index in [-0.39, 0.29) is 17.0 Å². The fourth-order valence-corrected chi connectivity index (χ4v) is 4.06. The van der Waals surface area contributed by atoms with Crippen LogP contribution in [0.2, 0.25) is 0 Å². The second-order valence-electron chi connectivity index (χ2n) is 8.27. The number of nitrogens with one attached hydrogen (secondary N) is 1. The third-order valence-electron chi connectivity index (χ3n) is 5.92. The van der Waals surface area contributed by atoms with Crippen molar-refractivity contribution in [3.63, 3.8) is 0 Å². The van der Waals surface area contributed by atoms with Crippen LogP contribution in [0, 0.1) is 18.6 Å². The molecule has 0 aliphatic heterocycles. The van der Waals surface area contributed by atoms with Gasteiger partial charge in [-0.05, 0) is 43.5 Å². The van der Waals surface area contributed by atoms with Crippen LogP contribution in [-0.4, -0.2) is 30.5 Å². The van der Waals surface area contributed by atoms with Gasteiger partial charge in [-0.15, -0.1) is 0 Å². The van der Waals surface area contributed by atoms with Crippen LogP contribution in [0.5, 0.6) is 0 Å². The first-order chi connectivity index (χ1) is 15.9. The van der Waals surface area contributed by atoms with Gasteiger partial charge in [-0.2, -0.15) is 5.10 Å². The van der Waals surface area contributed by atoms with Crippen LogP contribution in [-0.2, 0) is 7.05 Å². The molecule has 1 fully saturated rings. The van der Waals surface area contributed by atoms with E-state index in [2.05, 4.69) is 20.6 Å². The van der Waals surface area contributed by atoms with E-state index in [1.807, 2.05) is 19.1 Å². The predicted octanol–water partition coefficient (Wildman–Crippen LogP) is 4.09. The Hall–Kier alpha value is -4.08. The molecule has 33 heavy (non-hydrogen) atoms. The standard InChI is InChI=1S/C23H18F2N6O2/c1-11-3-7-14-20(33-29-21(14)27-13-5-6-13)18(11)19-23(32)30(2)22-16(28-19)10-26-31(22)17-8-4-12(24)9-15(17)25/h3-4,7-10,13H,5-6H2,1-2H3,(H,27,29). The molecule has 0 amide bonds. The molecule has 5 aromatic rings. The molecule has 0 unspecified atom stereocenters. The van der Waals surface area contributed by atoms with Gasteiger partial charge in [0.05, 0.1) is 17.1 Å². The molecule has 166 valence electrons. The summed E-state index contributed by atoms with van der Waals surface area (Å²) in [6, 6.07) is 7.37. The molecule has 0 atom stereocenters. The quantitative estimate of drug-likeness (QED) is 0.445. The van der Waals surface area contributed by atoms with Crippen molar-refractivity contribution in [1.29, 1.82) is 0 Å². The van der Waals surface area contributed by atoms with E-state index in [0.29, 0.717) is 28.5 Å². The van der Waals surface area contributed by atoms with Gasteiger partial charge in [-0.3, -0.25) is 9.36 Å². The van der Waals surface area contributed by atoms with Gasteiger partial charge in [0.1, 0.15) is 22.7 Å². The van der Waals surface area contributed by atoms with Crippen LogP contribution >= 0.6 is 0 Å². The van der Waals surface area contributed by atoms with Gasteiger partial charge in [0.25, 0.3) is 5.56 Å². The predicted molar refractivity (Wildman–Crippen MR) is 118 cm³/mol. The first kappa shape index (κ1) is 19.6. The molecule has 1 saturated carbocycles. The highest BCUT2D eigenvalue weighted by atomic mass is 19.1. The summed E-state index contributed by atoms with van der Waals surface area (Å²) in [5.74, 6) is -0.853. The Kier molecular flexibility index (Phi) is 4.13. The number of benzene rings is 2. The zero-order chi connectivity index (χ0) is 22.9. The Morgan fingerprint density at radius 2 is 2.00 bits per heavy atom. The molecule has 1 N–H and O–H groups in total. The smallest absolute Gasteiger partial charge is 0.278 e. The Balaban J connectivity index is 1.57. The van der Waals surface area contributed by atoms with Crippen molar-refractivity contribution in [2.24, 2.45) is 7.05 Å². The number of hydrogen-bond acceptors (Lipinski definition) is 6. The average Bonchev–Trinajstić information content (AvgIpc) is 3.36. The van der Waals surface area contributed by atoms with Crippen LogP contribution in [0.3, 0.4) is 0 Å². The normalized spacial score (nSPS) is 13.8. The van der Waals surface area contributed by atoms with Crippen LogP contribution < -0.4 is 10.9 Å². The number of hydrogen-bond donors (Lipinski definition) is 1. The molecular weight excluding hydrogens is 430 g/mol. The first-order valence-corrected chi connectivity index (χ1v) is 10.5. The van der Waals surface area contributed by atoms with Crippen LogP contribution in [0.1, 0.15) is 18.4 Å². The van der Waals surface area contributed by atoms with Crippen molar-refractivity contribution in [2.45, 2.75) is 25.8 Å². The third kappa shape index (κ3) is 3.01. The van der Waals surface area contributed by atoms with E-state index in [1.54, 1.807) is 7.05 Å². The van der Waals surface area contributed by atoms with Gasteiger partial charge < -0.3 is 9.84 Å². The second kappa shape index (κ2) is 6.96. The number of anilines is 1. The maximum absolute atomic E-state index is 14.4. The minimum Gasteiger partial charge on any atom is -0.364 e. The zero-order valence-corrected chi connectivity index (χ0v) is 17.8. The molecule has 2 aromatic carbocycles. The van der Waals surface area contributed by atoms with E-state index in [4.69, 9.17) is 4.52 Å². The third-order valence-corrected chi connectivity index (χ3v) is 5.92. The molecule has 3 heterocycles. The van der Waals surface area contributed by atoms with E-state index in [0.717, 1.165) is 35.9 Å². The summed E-state index contributed by atoms with van der Waals surface area (Å²) in [4.78, 5) is 18.0. The minimum absolute atomic E-state index is 0.0141. The van der Waals surface area contributed by atoms with Gasteiger partial charge >= 0.3 is 0 Å². The van der Waals surface area contributed by atoms with Crippen molar-refractivity contribution in [3.8, 4) is 16.9 Å². The molecule has 1 aliphatic carbocycles. The number of aromatic nitrogens is 5. The maximum Gasteiger partial charge on any atom is 0.278 e. The highest BCUT2D eigenvalue weighted by molar-refractivity contribution is 5.99. The number of fused-ring (bicyclic) bond motifs is 2. The molecule has 10 heteroatoms. The Bertz CT molecular complexity index is 1630. The fourth-order valence-electron chi connectivity index (χ4n) is 4.06. The monoisotopic (exact) mass is 448 g/mol. The molecule has 8 nitrogen and oxygen atoms in total. The van der Waals surface area contributed by atoms with E-state index < -0.39 is 17.2 Å². The molecule has 1 aliphatic rings. The van der Waals surface area contributed by atoms with Crippen molar-refractivity contribution >= 4 is 28.0 Å². The lowest BCUT2D eigenvalue weighted by atomic mass is 10.0. The molecule has 3 aromatic heterocycles. The van der Waals surface area contributed by atoms with Crippen molar-refractivity contribution in [1.82, 2.24) is 24.5 Å². The summed E-state index contributed by atoms with van der Waals surface area (Å²) in [5, 5.41) is 12.5. The molecule has 0 spiro atoms. The van der Waals surface area contributed by atoms with E-state index in [1.165, 1.54) is 21.5 Å². The summed E-state index contributed by atoms with van der Waals surface area (Å²) in [6.45, 7) is 1.87. The summed E-state index contributed by atoms with van der Waals surface area (Å²) < 4.78 is 36.0. The lowest BCUT2D eigenvalue weighted by Crippen LogP contribution is -2.22. The van der Waals surface area contributed by atoms with E-state index >= 15 is 0 Å². The van der Waals surface area contributed by atoms with Gasteiger partial charge in [0.2, 0.25) is 0 Å².